The Morgan fingerprint density at radius 1 is 1.17 bits per heavy atom. The lowest BCUT2D eigenvalue weighted by molar-refractivity contribution is 0.294. The number of nitrogens with one attached hydrogen (secondary N) is 1. The fraction of sp³-hybridized carbons (Fsp3) is 0.222. The third kappa shape index (κ3) is 5.33. The number of aromatic nitrogens is 3. The number of aromatic amines is 1. The lowest BCUT2D eigenvalue weighted by Crippen LogP contribution is -2.27. The average molecular weight is 509 g/mol. The molecule has 0 unspecified atom stereocenters. The molecule has 0 radical (unpaired) electrons. The molecule has 2 heterocycles. The summed E-state index contributed by atoms with van der Waals surface area (Å²) in [6.45, 7) is 2.26. The topological polar surface area (TPSA) is 81.4 Å². The standard InChI is InChI=1S/C27H26ClFN4O3/c1-3-4-7-19(30-2)14-15-32-24(17-36-20-12-10-18(29)11-13-20)26-22(16-25(32)34)31-33(27(26)35)23-9-6-5-8-21(23)28/h4-13,16,31H,3,14-15,17H2,1-2H3/b7-4-,30-19?. The van der Waals surface area contributed by atoms with Crippen molar-refractivity contribution in [3.63, 3.8) is 0 Å². The van der Waals surface area contributed by atoms with Crippen molar-refractivity contribution in [3.8, 4) is 11.4 Å². The minimum absolute atomic E-state index is 0.0722. The van der Waals surface area contributed by atoms with Crippen molar-refractivity contribution in [1.82, 2.24) is 14.3 Å². The lowest BCUT2D eigenvalue weighted by atomic mass is 10.2. The fourth-order valence-corrected chi connectivity index (χ4v) is 4.16. The van der Waals surface area contributed by atoms with Gasteiger partial charge in [-0.05, 0) is 48.9 Å². The minimum Gasteiger partial charge on any atom is -0.487 e. The quantitative estimate of drug-likeness (QED) is 0.312. The van der Waals surface area contributed by atoms with E-state index in [0.29, 0.717) is 46.0 Å². The molecule has 0 aliphatic rings. The smallest absolute Gasteiger partial charge is 0.281 e. The normalized spacial score (nSPS) is 12.1. The van der Waals surface area contributed by atoms with Gasteiger partial charge < -0.3 is 9.30 Å². The van der Waals surface area contributed by atoms with Gasteiger partial charge in [-0.2, -0.15) is 0 Å². The highest BCUT2D eigenvalue weighted by atomic mass is 35.5. The number of nitrogens with zero attached hydrogens (tertiary/aromatic N) is 3. The number of para-hydroxylation sites is 1. The summed E-state index contributed by atoms with van der Waals surface area (Å²) in [4.78, 5) is 31.1. The Morgan fingerprint density at radius 3 is 2.61 bits per heavy atom. The summed E-state index contributed by atoms with van der Waals surface area (Å²) < 4.78 is 22.1. The molecule has 4 rings (SSSR count). The minimum atomic E-state index is -0.388. The van der Waals surface area contributed by atoms with Crippen LogP contribution in [-0.2, 0) is 13.2 Å². The Labute approximate surface area is 212 Å². The number of benzene rings is 2. The van der Waals surface area contributed by atoms with E-state index in [1.54, 1.807) is 31.3 Å². The van der Waals surface area contributed by atoms with E-state index in [1.807, 2.05) is 19.1 Å². The monoisotopic (exact) mass is 508 g/mol. The third-order valence-corrected chi connectivity index (χ3v) is 6.09. The first-order chi connectivity index (χ1) is 17.4. The van der Waals surface area contributed by atoms with Crippen LogP contribution in [0, 0.1) is 5.82 Å². The number of aliphatic imine (C=N–C) groups is 1. The molecule has 4 aromatic rings. The summed E-state index contributed by atoms with van der Waals surface area (Å²) in [7, 11) is 1.70. The second kappa shape index (κ2) is 11.2. The summed E-state index contributed by atoms with van der Waals surface area (Å²) in [5, 5.41) is 3.71. The number of halogens is 2. The Balaban J connectivity index is 1.83. The van der Waals surface area contributed by atoms with Crippen molar-refractivity contribution in [3.05, 3.63) is 104 Å². The maximum atomic E-state index is 13.6. The maximum absolute atomic E-state index is 13.6. The van der Waals surface area contributed by atoms with Crippen LogP contribution in [0.15, 0.2) is 81.3 Å². The van der Waals surface area contributed by atoms with Crippen molar-refractivity contribution < 1.29 is 9.13 Å². The fourth-order valence-electron chi connectivity index (χ4n) is 3.94. The van der Waals surface area contributed by atoms with E-state index >= 15 is 0 Å². The molecule has 0 bridgehead atoms. The zero-order chi connectivity index (χ0) is 25.7. The van der Waals surface area contributed by atoms with Gasteiger partial charge in [0.2, 0.25) is 0 Å². The van der Waals surface area contributed by atoms with Crippen LogP contribution in [0.25, 0.3) is 16.6 Å². The molecule has 1 N–H and O–H groups in total. The third-order valence-electron chi connectivity index (χ3n) is 5.77. The number of H-pyrrole nitrogens is 1. The number of ether oxygens (including phenoxy) is 1. The van der Waals surface area contributed by atoms with E-state index in [1.165, 1.54) is 39.6 Å². The number of allylic oxidation sites excluding steroid dienone is 2. The van der Waals surface area contributed by atoms with E-state index in [-0.39, 0.29) is 23.5 Å². The summed E-state index contributed by atoms with van der Waals surface area (Å²) in [6.07, 6.45) is 5.29. The zero-order valence-corrected chi connectivity index (χ0v) is 20.8. The van der Waals surface area contributed by atoms with Crippen molar-refractivity contribution in [2.24, 2.45) is 4.99 Å². The highest BCUT2D eigenvalue weighted by Gasteiger charge is 2.19. The number of fused-ring (bicyclic) bond motifs is 1. The first-order valence-corrected chi connectivity index (χ1v) is 11.9. The van der Waals surface area contributed by atoms with Gasteiger partial charge in [-0.1, -0.05) is 36.7 Å². The van der Waals surface area contributed by atoms with Crippen molar-refractivity contribution in [1.29, 1.82) is 0 Å². The molecule has 0 amide bonds. The first-order valence-electron chi connectivity index (χ1n) is 11.6. The predicted octanol–water partition coefficient (Wildman–Crippen LogP) is 5.28. The van der Waals surface area contributed by atoms with Crippen LogP contribution in [0.4, 0.5) is 4.39 Å². The van der Waals surface area contributed by atoms with Gasteiger partial charge in [0.25, 0.3) is 11.1 Å². The molecule has 36 heavy (non-hydrogen) atoms. The molecular weight excluding hydrogens is 483 g/mol. The van der Waals surface area contributed by atoms with Crippen molar-refractivity contribution in [2.45, 2.75) is 32.9 Å². The molecule has 0 aliphatic heterocycles. The molecule has 0 fully saturated rings. The molecule has 9 heteroatoms. The highest BCUT2D eigenvalue weighted by molar-refractivity contribution is 6.32. The molecule has 7 nitrogen and oxygen atoms in total. The van der Waals surface area contributed by atoms with E-state index in [0.717, 1.165) is 12.1 Å². The van der Waals surface area contributed by atoms with Gasteiger partial charge in [-0.25, -0.2) is 9.07 Å². The molecule has 0 atom stereocenters. The summed E-state index contributed by atoms with van der Waals surface area (Å²) in [6, 6.07) is 13.9. The van der Waals surface area contributed by atoms with Gasteiger partial charge in [0.15, 0.2) is 0 Å². The predicted molar refractivity (Wildman–Crippen MR) is 141 cm³/mol. The van der Waals surface area contributed by atoms with Crippen molar-refractivity contribution >= 4 is 28.2 Å². The van der Waals surface area contributed by atoms with Gasteiger partial charge in [0, 0.05) is 31.8 Å². The molecule has 2 aromatic carbocycles. The molecule has 0 aliphatic carbocycles. The van der Waals surface area contributed by atoms with Gasteiger partial charge in [-0.3, -0.25) is 19.7 Å². The summed E-state index contributed by atoms with van der Waals surface area (Å²) >= 11 is 6.34. The molecule has 186 valence electrons. The summed E-state index contributed by atoms with van der Waals surface area (Å²) in [5.74, 6) is 0.0252. The van der Waals surface area contributed by atoms with E-state index < -0.39 is 0 Å². The van der Waals surface area contributed by atoms with Gasteiger partial charge in [0.1, 0.15) is 18.2 Å². The Kier molecular flexibility index (Phi) is 7.85. The largest absolute Gasteiger partial charge is 0.487 e. The van der Waals surface area contributed by atoms with E-state index in [2.05, 4.69) is 10.1 Å². The molecule has 0 saturated heterocycles. The Hall–Kier alpha value is -3.91. The lowest BCUT2D eigenvalue weighted by Gasteiger charge is -2.14. The van der Waals surface area contributed by atoms with Crippen LogP contribution in [0.3, 0.4) is 0 Å². The molecule has 0 saturated carbocycles. The second-order valence-electron chi connectivity index (χ2n) is 8.09. The first kappa shape index (κ1) is 25.2. The molecular formula is C27H26ClFN4O3. The van der Waals surface area contributed by atoms with Crippen LogP contribution in [-0.4, -0.2) is 27.1 Å². The Bertz CT molecular complexity index is 1550. The van der Waals surface area contributed by atoms with Crippen LogP contribution in [0.1, 0.15) is 25.5 Å². The van der Waals surface area contributed by atoms with Crippen LogP contribution >= 0.6 is 11.6 Å². The second-order valence-corrected chi connectivity index (χ2v) is 8.50. The highest BCUT2D eigenvalue weighted by Crippen LogP contribution is 2.22. The van der Waals surface area contributed by atoms with Gasteiger partial charge >= 0.3 is 0 Å². The average Bonchev–Trinajstić information content (AvgIpc) is 3.20. The number of hydrogen-bond acceptors (Lipinski definition) is 4. The number of hydrogen-bond donors (Lipinski definition) is 1. The zero-order valence-electron chi connectivity index (χ0n) is 20.0. The van der Waals surface area contributed by atoms with Crippen LogP contribution in [0.5, 0.6) is 5.75 Å². The summed E-state index contributed by atoms with van der Waals surface area (Å²) in [5.41, 5.74) is 1.42. The van der Waals surface area contributed by atoms with Crippen molar-refractivity contribution in [2.75, 3.05) is 7.05 Å². The van der Waals surface area contributed by atoms with Gasteiger partial charge in [-0.15, -0.1) is 0 Å². The molecule has 2 aromatic heterocycles. The number of rotatable bonds is 9. The van der Waals surface area contributed by atoms with Gasteiger partial charge in [0.05, 0.1) is 27.3 Å². The van der Waals surface area contributed by atoms with E-state index in [9.17, 15) is 14.0 Å². The SMILES string of the molecule is CC/C=C\C(CCn1c(COc2ccc(F)cc2)c2c(=O)n(-c3ccccc3Cl)[nH]c2cc1=O)=NC. The maximum Gasteiger partial charge on any atom is 0.281 e. The van der Waals surface area contributed by atoms with Crippen LogP contribution in [0.2, 0.25) is 5.02 Å². The number of pyridine rings is 1. The van der Waals surface area contributed by atoms with Crippen LogP contribution < -0.4 is 15.9 Å². The molecule has 0 spiro atoms. The van der Waals surface area contributed by atoms with E-state index in [4.69, 9.17) is 16.3 Å². The Morgan fingerprint density at radius 2 is 1.92 bits per heavy atom.